The molecule has 0 unspecified atom stereocenters. The standard InChI is InChI=1S/C8H8N2O4/c11-8(14-10-13)7(9-12)6-4-2-1-3-5-6/h1-5,9,11-12H. The molecule has 0 saturated carbocycles. The maximum Gasteiger partial charge on any atom is 0.337 e. The third-order valence-electron chi connectivity index (χ3n) is 1.51. The molecule has 6 heteroatoms. The Kier molecular flexibility index (Phi) is 3.45. The van der Waals surface area contributed by atoms with Crippen molar-refractivity contribution >= 4 is 5.70 Å². The fourth-order valence-electron chi connectivity index (χ4n) is 0.922. The van der Waals surface area contributed by atoms with E-state index in [2.05, 4.69) is 4.84 Å². The summed E-state index contributed by atoms with van der Waals surface area (Å²) in [7, 11) is 0. The van der Waals surface area contributed by atoms with Crippen LogP contribution in [0.15, 0.2) is 41.6 Å². The van der Waals surface area contributed by atoms with Gasteiger partial charge < -0.3 is 5.11 Å². The highest BCUT2D eigenvalue weighted by atomic mass is 16.8. The lowest BCUT2D eigenvalue weighted by Crippen LogP contribution is -2.09. The van der Waals surface area contributed by atoms with Crippen LogP contribution in [0.1, 0.15) is 5.56 Å². The number of hydroxylamine groups is 1. The van der Waals surface area contributed by atoms with Gasteiger partial charge in [0.25, 0.3) is 0 Å². The van der Waals surface area contributed by atoms with Crippen LogP contribution in [0.2, 0.25) is 0 Å². The number of nitrogens with zero attached hydrogens (tertiary/aromatic N) is 1. The van der Waals surface area contributed by atoms with E-state index in [0.717, 1.165) is 0 Å². The summed E-state index contributed by atoms with van der Waals surface area (Å²) >= 11 is 0. The number of benzene rings is 1. The quantitative estimate of drug-likeness (QED) is 0.386. The van der Waals surface area contributed by atoms with Crippen LogP contribution in [0, 0.1) is 4.91 Å². The normalized spacial score (nSPS) is 11.5. The summed E-state index contributed by atoms with van der Waals surface area (Å²) in [6, 6.07) is 8.34. The minimum Gasteiger partial charge on any atom is -0.478 e. The van der Waals surface area contributed by atoms with Crippen molar-refractivity contribution in [3.8, 4) is 0 Å². The molecule has 1 aromatic rings. The van der Waals surface area contributed by atoms with Gasteiger partial charge in [0.1, 0.15) is 0 Å². The van der Waals surface area contributed by atoms with Crippen LogP contribution in [0.3, 0.4) is 0 Å². The van der Waals surface area contributed by atoms with Crippen LogP contribution in [-0.2, 0) is 4.84 Å². The Balaban J connectivity index is 3.03. The molecule has 14 heavy (non-hydrogen) atoms. The van der Waals surface area contributed by atoms with E-state index in [1.54, 1.807) is 35.8 Å². The molecule has 3 N–H and O–H groups in total. The van der Waals surface area contributed by atoms with Crippen molar-refractivity contribution in [3.05, 3.63) is 46.7 Å². The number of nitrogens with one attached hydrogen (secondary N) is 1. The molecule has 0 aromatic heterocycles. The SMILES string of the molecule is O=NOC(O)=C(NO)c1ccccc1. The summed E-state index contributed by atoms with van der Waals surface area (Å²) in [5.41, 5.74) is 2.03. The fraction of sp³-hybridized carbons (Fsp3) is 0. The van der Waals surface area contributed by atoms with E-state index >= 15 is 0 Å². The van der Waals surface area contributed by atoms with Crippen molar-refractivity contribution in [1.29, 1.82) is 0 Å². The van der Waals surface area contributed by atoms with Crippen LogP contribution < -0.4 is 5.48 Å². The highest BCUT2D eigenvalue weighted by Crippen LogP contribution is 2.14. The summed E-state index contributed by atoms with van der Waals surface area (Å²) in [5.74, 6) is -0.797. The van der Waals surface area contributed by atoms with Gasteiger partial charge >= 0.3 is 5.95 Å². The molecule has 0 saturated heterocycles. The monoisotopic (exact) mass is 196 g/mol. The first-order valence-electron chi connectivity index (χ1n) is 3.68. The van der Waals surface area contributed by atoms with Crippen LogP contribution in [0.4, 0.5) is 0 Å². The molecule has 0 aliphatic carbocycles. The first-order valence-corrected chi connectivity index (χ1v) is 3.68. The molecule has 0 aliphatic rings. The Morgan fingerprint density at radius 3 is 2.50 bits per heavy atom. The molecular weight excluding hydrogens is 188 g/mol. The molecule has 0 bridgehead atoms. The Bertz CT molecular complexity index is 336. The molecule has 6 nitrogen and oxygen atoms in total. The van der Waals surface area contributed by atoms with Crippen molar-refractivity contribution in [2.75, 3.05) is 0 Å². The maximum absolute atomic E-state index is 9.69. The average Bonchev–Trinajstić information content (AvgIpc) is 2.21. The summed E-state index contributed by atoms with van der Waals surface area (Å²) in [6.07, 6.45) is 0. The number of hydrogen-bond donors (Lipinski definition) is 3. The van der Waals surface area contributed by atoms with Crippen molar-refractivity contribution in [1.82, 2.24) is 5.48 Å². The van der Waals surface area contributed by atoms with E-state index in [-0.39, 0.29) is 5.70 Å². The Morgan fingerprint density at radius 2 is 2.00 bits per heavy atom. The maximum atomic E-state index is 9.69. The summed E-state index contributed by atoms with van der Waals surface area (Å²) in [6.45, 7) is 0. The second-order valence-corrected chi connectivity index (χ2v) is 2.32. The molecule has 0 fully saturated rings. The molecule has 0 spiro atoms. The van der Waals surface area contributed by atoms with Crippen LogP contribution in [-0.4, -0.2) is 10.3 Å². The molecular formula is C8H8N2O4. The molecule has 74 valence electrons. The topological polar surface area (TPSA) is 91.2 Å². The number of rotatable bonds is 4. The van der Waals surface area contributed by atoms with Gasteiger partial charge in [0.2, 0.25) is 0 Å². The lowest BCUT2D eigenvalue weighted by Gasteiger charge is -2.05. The van der Waals surface area contributed by atoms with Gasteiger partial charge in [0, 0.05) is 5.56 Å². The van der Waals surface area contributed by atoms with Gasteiger partial charge in [0.15, 0.2) is 11.0 Å². The summed E-state index contributed by atoms with van der Waals surface area (Å²) in [5, 5.41) is 19.8. The Labute approximate surface area is 79.3 Å². The minimum absolute atomic E-state index is 0.134. The second kappa shape index (κ2) is 4.83. The van der Waals surface area contributed by atoms with E-state index < -0.39 is 5.95 Å². The van der Waals surface area contributed by atoms with Crippen molar-refractivity contribution in [2.45, 2.75) is 0 Å². The van der Waals surface area contributed by atoms with Crippen LogP contribution in [0.25, 0.3) is 5.70 Å². The zero-order chi connectivity index (χ0) is 10.4. The Morgan fingerprint density at radius 1 is 1.36 bits per heavy atom. The summed E-state index contributed by atoms with van der Waals surface area (Å²) < 4.78 is 0. The van der Waals surface area contributed by atoms with E-state index in [4.69, 9.17) is 10.3 Å². The van der Waals surface area contributed by atoms with Crippen molar-refractivity contribution < 1.29 is 15.2 Å². The average molecular weight is 196 g/mol. The number of hydrogen-bond acceptors (Lipinski definition) is 6. The molecule has 0 atom stereocenters. The molecule has 0 radical (unpaired) electrons. The largest absolute Gasteiger partial charge is 0.478 e. The number of aliphatic hydroxyl groups is 1. The van der Waals surface area contributed by atoms with Gasteiger partial charge in [-0.2, -0.15) is 0 Å². The number of aliphatic hydroxyl groups excluding tert-OH is 1. The van der Waals surface area contributed by atoms with E-state index in [1.165, 1.54) is 0 Å². The van der Waals surface area contributed by atoms with Crippen LogP contribution >= 0.6 is 0 Å². The van der Waals surface area contributed by atoms with Gasteiger partial charge in [-0.3, -0.25) is 15.5 Å². The van der Waals surface area contributed by atoms with E-state index in [9.17, 15) is 4.91 Å². The lowest BCUT2D eigenvalue weighted by atomic mass is 10.2. The zero-order valence-corrected chi connectivity index (χ0v) is 7.04. The molecule has 0 aliphatic heterocycles. The van der Waals surface area contributed by atoms with Gasteiger partial charge in [-0.15, -0.1) is 4.91 Å². The smallest absolute Gasteiger partial charge is 0.337 e. The van der Waals surface area contributed by atoms with E-state index in [0.29, 0.717) is 5.56 Å². The molecule has 0 heterocycles. The van der Waals surface area contributed by atoms with E-state index in [1.807, 2.05) is 5.34 Å². The van der Waals surface area contributed by atoms with Crippen molar-refractivity contribution in [3.63, 3.8) is 0 Å². The second-order valence-electron chi connectivity index (χ2n) is 2.32. The highest BCUT2D eigenvalue weighted by Gasteiger charge is 2.09. The van der Waals surface area contributed by atoms with Crippen LogP contribution in [0.5, 0.6) is 0 Å². The Hall–Kier alpha value is -2.08. The van der Waals surface area contributed by atoms with Crippen molar-refractivity contribution in [2.24, 2.45) is 5.34 Å². The highest BCUT2D eigenvalue weighted by molar-refractivity contribution is 5.63. The van der Waals surface area contributed by atoms with Gasteiger partial charge in [-0.25, -0.2) is 0 Å². The lowest BCUT2D eigenvalue weighted by molar-refractivity contribution is 0.0908. The molecule has 1 aromatic carbocycles. The first kappa shape index (κ1) is 10.0. The fourth-order valence-corrected chi connectivity index (χ4v) is 0.922. The first-order chi connectivity index (χ1) is 6.79. The zero-order valence-electron chi connectivity index (χ0n) is 7.04. The van der Waals surface area contributed by atoms with Gasteiger partial charge in [-0.05, 0) is 0 Å². The molecule has 0 amide bonds. The van der Waals surface area contributed by atoms with Gasteiger partial charge in [-0.1, -0.05) is 30.3 Å². The summed E-state index contributed by atoms with van der Waals surface area (Å²) in [4.78, 5) is 13.6. The minimum atomic E-state index is -0.797. The predicted molar refractivity (Wildman–Crippen MR) is 47.8 cm³/mol. The third kappa shape index (κ3) is 2.20. The predicted octanol–water partition coefficient (Wildman–Crippen LogP) is 1.55. The third-order valence-corrected chi connectivity index (χ3v) is 1.51. The molecule has 1 rings (SSSR count). The van der Waals surface area contributed by atoms with Gasteiger partial charge in [0.05, 0.1) is 0 Å².